The summed E-state index contributed by atoms with van der Waals surface area (Å²) in [6, 6.07) is 12.3. The van der Waals surface area contributed by atoms with Crippen molar-refractivity contribution in [1.29, 1.82) is 0 Å². The van der Waals surface area contributed by atoms with Gasteiger partial charge in [-0.05, 0) is 61.9 Å². The Morgan fingerprint density at radius 2 is 1.90 bits per heavy atom. The van der Waals surface area contributed by atoms with E-state index >= 15 is 0 Å². The number of carbonyl (C=O) groups is 2. The molecule has 1 saturated heterocycles. The Balaban J connectivity index is 1.54. The van der Waals surface area contributed by atoms with Crippen LogP contribution in [0.3, 0.4) is 0 Å². The van der Waals surface area contributed by atoms with E-state index in [4.69, 9.17) is 11.6 Å². The van der Waals surface area contributed by atoms with Crippen molar-refractivity contribution in [3.05, 3.63) is 64.2 Å². The zero-order valence-corrected chi connectivity index (χ0v) is 17.1. The molecule has 0 radical (unpaired) electrons. The first-order valence-corrected chi connectivity index (χ1v) is 10.2. The van der Waals surface area contributed by atoms with Crippen LogP contribution in [-0.4, -0.2) is 22.8 Å². The van der Waals surface area contributed by atoms with Gasteiger partial charge in [0.2, 0.25) is 11.8 Å². The fourth-order valence-electron chi connectivity index (χ4n) is 3.37. The summed E-state index contributed by atoms with van der Waals surface area (Å²) in [5.74, 6) is -0.705. The summed E-state index contributed by atoms with van der Waals surface area (Å²) in [4.78, 5) is 32.2. The molecule has 5 nitrogen and oxygen atoms in total. The van der Waals surface area contributed by atoms with E-state index in [1.807, 2.05) is 6.92 Å². The molecular weight excluding hydrogens is 413 g/mol. The van der Waals surface area contributed by atoms with E-state index in [-0.39, 0.29) is 17.6 Å². The third kappa shape index (κ3) is 4.02. The lowest BCUT2D eigenvalue weighted by molar-refractivity contribution is -0.120. The molecule has 3 aromatic rings. The SMILES string of the molecule is Cc1sc(NC(=O)[C@@H]2CCC(=O)N2c2ccc(Cl)cc2)nc1-c1ccc(F)cc1. The molecule has 1 fully saturated rings. The van der Waals surface area contributed by atoms with Crippen molar-refractivity contribution < 1.29 is 14.0 Å². The van der Waals surface area contributed by atoms with Gasteiger partial charge < -0.3 is 5.32 Å². The molecule has 0 saturated carbocycles. The predicted octanol–water partition coefficient (Wildman–Crippen LogP) is 5.05. The molecule has 2 aromatic carbocycles. The Labute approximate surface area is 176 Å². The predicted molar refractivity (Wildman–Crippen MR) is 113 cm³/mol. The van der Waals surface area contributed by atoms with Crippen LogP contribution in [0.4, 0.5) is 15.2 Å². The minimum absolute atomic E-state index is 0.102. The Morgan fingerprint density at radius 1 is 1.21 bits per heavy atom. The molecule has 4 rings (SSSR count). The lowest BCUT2D eigenvalue weighted by Crippen LogP contribution is -2.41. The number of halogens is 2. The van der Waals surface area contributed by atoms with Gasteiger partial charge in [0.25, 0.3) is 0 Å². The minimum atomic E-state index is -0.609. The Morgan fingerprint density at radius 3 is 2.59 bits per heavy atom. The third-order valence-electron chi connectivity index (χ3n) is 4.76. The number of nitrogens with one attached hydrogen (secondary N) is 1. The van der Waals surface area contributed by atoms with Crippen LogP contribution in [0.1, 0.15) is 17.7 Å². The number of carbonyl (C=O) groups excluding carboxylic acids is 2. The van der Waals surface area contributed by atoms with Gasteiger partial charge in [-0.3, -0.25) is 14.5 Å². The Bertz CT molecular complexity index is 1070. The summed E-state index contributed by atoms with van der Waals surface area (Å²) in [7, 11) is 0. The molecular formula is C21H17ClFN3O2S. The number of nitrogens with zero attached hydrogens (tertiary/aromatic N) is 2. The molecule has 2 heterocycles. The average molecular weight is 430 g/mol. The summed E-state index contributed by atoms with van der Waals surface area (Å²) < 4.78 is 13.2. The van der Waals surface area contributed by atoms with Crippen LogP contribution in [0, 0.1) is 12.7 Å². The van der Waals surface area contributed by atoms with Crippen LogP contribution >= 0.6 is 22.9 Å². The summed E-state index contributed by atoms with van der Waals surface area (Å²) in [5, 5.41) is 3.84. The quantitative estimate of drug-likeness (QED) is 0.631. The summed E-state index contributed by atoms with van der Waals surface area (Å²) in [5.41, 5.74) is 2.11. The number of hydrogen-bond acceptors (Lipinski definition) is 4. The molecule has 0 spiro atoms. The Kier molecular flexibility index (Phi) is 5.34. The van der Waals surface area contributed by atoms with Gasteiger partial charge in [-0.1, -0.05) is 11.6 Å². The first-order valence-electron chi connectivity index (χ1n) is 9.04. The van der Waals surface area contributed by atoms with E-state index in [0.29, 0.717) is 34.4 Å². The average Bonchev–Trinajstić information content (AvgIpc) is 3.26. The van der Waals surface area contributed by atoms with Crippen LogP contribution in [0.5, 0.6) is 0 Å². The van der Waals surface area contributed by atoms with Crippen LogP contribution in [0.25, 0.3) is 11.3 Å². The highest BCUT2D eigenvalue weighted by molar-refractivity contribution is 7.16. The van der Waals surface area contributed by atoms with E-state index < -0.39 is 6.04 Å². The fourth-order valence-corrected chi connectivity index (χ4v) is 4.34. The largest absolute Gasteiger partial charge is 0.300 e. The molecule has 0 bridgehead atoms. The maximum Gasteiger partial charge on any atom is 0.249 e. The zero-order valence-electron chi connectivity index (χ0n) is 15.5. The summed E-state index contributed by atoms with van der Waals surface area (Å²) >= 11 is 7.27. The molecule has 1 aromatic heterocycles. The highest BCUT2D eigenvalue weighted by atomic mass is 35.5. The summed E-state index contributed by atoms with van der Waals surface area (Å²) in [6.07, 6.45) is 0.737. The smallest absolute Gasteiger partial charge is 0.249 e. The van der Waals surface area contributed by atoms with Crippen molar-refractivity contribution in [2.24, 2.45) is 0 Å². The van der Waals surface area contributed by atoms with Gasteiger partial charge in [-0.25, -0.2) is 9.37 Å². The number of anilines is 2. The molecule has 0 aliphatic carbocycles. The van der Waals surface area contributed by atoms with Gasteiger partial charge in [0.05, 0.1) is 5.69 Å². The number of benzene rings is 2. The molecule has 1 aliphatic heterocycles. The highest BCUT2D eigenvalue weighted by Crippen LogP contribution is 2.32. The van der Waals surface area contributed by atoms with E-state index in [1.165, 1.54) is 28.4 Å². The molecule has 1 atom stereocenters. The van der Waals surface area contributed by atoms with Crippen molar-refractivity contribution in [3.63, 3.8) is 0 Å². The van der Waals surface area contributed by atoms with Crippen LogP contribution < -0.4 is 10.2 Å². The second-order valence-electron chi connectivity index (χ2n) is 6.71. The summed E-state index contributed by atoms with van der Waals surface area (Å²) in [6.45, 7) is 1.89. The number of rotatable bonds is 4. The maximum absolute atomic E-state index is 13.2. The van der Waals surface area contributed by atoms with Crippen molar-refractivity contribution >= 4 is 45.6 Å². The lowest BCUT2D eigenvalue weighted by atomic mass is 10.1. The molecule has 1 N–H and O–H groups in total. The molecule has 1 aliphatic rings. The first kappa shape index (κ1) is 19.5. The maximum atomic E-state index is 13.2. The first-order chi connectivity index (χ1) is 13.9. The number of aryl methyl sites for hydroxylation is 1. The van der Waals surface area contributed by atoms with Crippen molar-refractivity contribution in [2.75, 3.05) is 10.2 Å². The second kappa shape index (κ2) is 7.93. The van der Waals surface area contributed by atoms with E-state index in [9.17, 15) is 14.0 Å². The molecule has 148 valence electrons. The molecule has 2 amide bonds. The van der Waals surface area contributed by atoms with Gasteiger partial charge in [0.1, 0.15) is 11.9 Å². The number of thiazole rings is 1. The monoisotopic (exact) mass is 429 g/mol. The molecule has 29 heavy (non-hydrogen) atoms. The fraction of sp³-hybridized carbons (Fsp3) is 0.190. The van der Waals surface area contributed by atoms with Crippen molar-refractivity contribution in [3.8, 4) is 11.3 Å². The topological polar surface area (TPSA) is 62.3 Å². The van der Waals surface area contributed by atoms with Gasteiger partial charge in [-0.2, -0.15) is 0 Å². The van der Waals surface area contributed by atoms with Crippen LogP contribution in [-0.2, 0) is 9.59 Å². The van der Waals surface area contributed by atoms with E-state index in [0.717, 1.165) is 10.4 Å². The Hall–Kier alpha value is -2.77. The van der Waals surface area contributed by atoms with Gasteiger partial charge in [0.15, 0.2) is 5.13 Å². The lowest BCUT2D eigenvalue weighted by Gasteiger charge is -2.23. The number of amides is 2. The highest BCUT2D eigenvalue weighted by Gasteiger charge is 2.37. The van der Waals surface area contributed by atoms with Crippen molar-refractivity contribution in [1.82, 2.24) is 4.98 Å². The zero-order chi connectivity index (χ0) is 20.5. The molecule has 8 heteroatoms. The van der Waals surface area contributed by atoms with Gasteiger partial charge in [-0.15, -0.1) is 11.3 Å². The normalized spacial score (nSPS) is 16.3. The van der Waals surface area contributed by atoms with Gasteiger partial charge >= 0.3 is 0 Å². The number of aromatic nitrogens is 1. The van der Waals surface area contributed by atoms with Crippen molar-refractivity contribution in [2.45, 2.75) is 25.8 Å². The third-order valence-corrected chi connectivity index (χ3v) is 5.90. The van der Waals surface area contributed by atoms with Crippen LogP contribution in [0.15, 0.2) is 48.5 Å². The minimum Gasteiger partial charge on any atom is -0.300 e. The molecule has 0 unspecified atom stereocenters. The van der Waals surface area contributed by atoms with Gasteiger partial charge in [0, 0.05) is 27.6 Å². The van der Waals surface area contributed by atoms with E-state index in [1.54, 1.807) is 36.4 Å². The standard InChI is InChI=1S/C21H17ClFN3O2S/c1-12-19(13-2-6-15(23)7-3-13)24-21(29-12)25-20(28)17-10-11-18(27)26(17)16-8-4-14(22)5-9-16/h2-9,17H,10-11H2,1H3,(H,24,25,28)/t17-/m0/s1. The number of hydrogen-bond donors (Lipinski definition) is 1. The van der Waals surface area contributed by atoms with E-state index in [2.05, 4.69) is 10.3 Å². The second-order valence-corrected chi connectivity index (χ2v) is 8.35. The van der Waals surface area contributed by atoms with Crippen LogP contribution in [0.2, 0.25) is 5.02 Å².